The summed E-state index contributed by atoms with van der Waals surface area (Å²) in [5.74, 6) is 1.38. The average Bonchev–Trinajstić information content (AvgIpc) is 2.99. The molecule has 3 nitrogen and oxygen atoms in total. The van der Waals surface area contributed by atoms with E-state index in [1.165, 1.54) is 4.88 Å². The van der Waals surface area contributed by atoms with Gasteiger partial charge in [0.1, 0.15) is 0 Å². The number of thiophene rings is 1. The van der Waals surface area contributed by atoms with Crippen molar-refractivity contribution in [3.8, 4) is 11.5 Å². The highest BCUT2D eigenvalue weighted by atomic mass is 35.5. The number of hydrogen-bond donors (Lipinski definition) is 1. The maximum absolute atomic E-state index is 6.12. The van der Waals surface area contributed by atoms with Crippen LogP contribution in [0.5, 0.6) is 11.5 Å². The van der Waals surface area contributed by atoms with Crippen LogP contribution in [0.15, 0.2) is 29.6 Å². The number of hydrogen-bond acceptors (Lipinski definition) is 4. The Morgan fingerprint density at radius 2 is 2.16 bits per heavy atom. The highest BCUT2D eigenvalue weighted by molar-refractivity contribution is 7.09. The van der Waals surface area contributed by atoms with E-state index in [2.05, 4.69) is 22.8 Å². The topological polar surface area (TPSA) is 30.5 Å². The van der Waals surface area contributed by atoms with E-state index in [4.69, 9.17) is 21.1 Å². The molecule has 2 heterocycles. The fraction of sp³-hybridized carbons (Fsp3) is 0.231. The first-order chi connectivity index (χ1) is 8.83. The monoisotopic (exact) mass is 317 g/mol. The van der Waals surface area contributed by atoms with Crippen molar-refractivity contribution in [1.82, 2.24) is 5.32 Å². The second-order valence-electron chi connectivity index (χ2n) is 3.99. The van der Waals surface area contributed by atoms with Crippen LogP contribution in [0.2, 0.25) is 5.02 Å². The van der Waals surface area contributed by atoms with Crippen molar-refractivity contribution in [1.29, 1.82) is 0 Å². The molecule has 0 fully saturated rings. The molecule has 0 spiro atoms. The normalized spacial score (nSPS) is 12.3. The van der Waals surface area contributed by atoms with Gasteiger partial charge < -0.3 is 14.8 Å². The Bertz CT molecular complexity index is 546. The van der Waals surface area contributed by atoms with E-state index in [1.54, 1.807) is 11.3 Å². The van der Waals surface area contributed by atoms with Gasteiger partial charge in [-0.25, -0.2) is 0 Å². The zero-order chi connectivity index (χ0) is 12.4. The molecule has 0 bridgehead atoms. The van der Waals surface area contributed by atoms with Crippen molar-refractivity contribution in [2.75, 3.05) is 6.79 Å². The summed E-state index contributed by atoms with van der Waals surface area (Å²) < 4.78 is 10.6. The van der Waals surface area contributed by atoms with Crippen molar-refractivity contribution < 1.29 is 9.47 Å². The van der Waals surface area contributed by atoms with Crippen LogP contribution in [0.4, 0.5) is 0 Å². The Labute approximate surface area is 126 Å². The van der Waals surface area contributed by atoms with Gasteiger partial charge in [-0.15, -0.1) is 23.7 Å². The molecule has 1 aromatic heterocycles. The fourth-order valence-corrected chi connectivity index (χ4v) is 2.83. The highest BCUT2D eigenvalue weighted by Crippen LogP contribution is 2.39. The molecule has 1 aromatic carbocycles. The van der Waals surface area contributed by atoms with Crippen LogP contribution >= 0.6 is 35.3 Å². The zero-order valence-electron chi connectivity index (χ0n) is 10.0. The van der Waals surface area contributed by atoms with Crippen LogP contribution in [0, 0.1) is 0 Å². The summed E-state index contributed by atoms with van der Waals surface area (Å²) in [6, 6.07) is 8.05. The molecule has 19 heavy (non-hydrogen) atoms. The van der Waals surface area contributed by atoms with Crippen LogP contribution in [-0.2, 0) is 13.1 Å². The van der Waals surface area contributed by atoms with Gasteiger partial charge in [-0.2, -0.15) is 0 Å². The van der Waals surface area contributed by atoms with Gasteiger partial charge in [0.05, 0.1) is 5.02 Å². The van der Waals surface area contributed by atoms with Crippen molar-refractivity contribution >= 4 is 35.3 Å². The molecule has 1 aliphatic rings. The van der Waals surface area contributed by atoms with E-state index in [0.717, 1.165) is 24.4 Å². The van der Waals surface area contributed by atoms with Crippen molar-refractivity contribution in [2.24, 2.45) is 0 Å². The first kappa shape index (κ1) is 14.5. The molecule has 6 heteroatoms. The summed E-state index contributed by atoms with van der Waals surface area (Å²) >= 11 is 7.87. The van der Waals surface area contributed by atoms with Gasteiger partial charge >= 0.3 is 0 Å². The molecule has 0 saturated carbocycles. The van der Waals surface area contributed by atoms with Crippen LogP contribution in [0.25, 0.3) is 0 Å². The number of fused-ring (bicyclic) bond motifs is 1. The van der Waals surface area contributed by atoms with E-state index in [-0.39, 0.29) is 19.2 Å². The van der Waals surface area contributed by atoms with Crippen LogP contribution in [0.1, 0.15) is 10.4 Å². The van der Waals surface area contributed by atoms with Crippen LogP contribution in [0.3, 0.4) is 0 Å². The second kappa shape index (κ2) is 6.48. The molecule has 0 saturated heterocycles. The summed E-state index contributed by atoms with van der Waals surface area (Å²) in [6.07, 6.45) is 0. The van der Waals surface area contributed by atoms with Gasteiger partial charge in [-0.05, 0) is 29.1 Å². The predicted octanol–water partition coefficient (Wildman–Crippen LogP) is 3.84. The molecule has 0 unspecified atom stereocenters. The number of nitrogens with one attached hydrogen (secondary N) is 1. The maximum Gasteiger partial charge on any atom is 0.231 e. The Kier molecular flexibility index (Phi) is 4.93. The van der Waals surface area contributed by atoms with Crippen molar-refractivity contribution in [2.45, 2.75) is 13.1 Å². The predicted molar refractivity (Wildman–Crippen MR) is 79.7 cm³/mol. The van der Waals surface area contributed by atoms with Gasteiger partial charge in [0.2, 0.25) is 6.79 Å². The minimum atomic E-state index is 0. The highest BCUT2D eigenvalue weighted by Gasteiger charge is 2.17. The third-order valence-corrected chi connectivity index (χ3v) is 3.85. The van der Waals surface area contributed by atoms with Gasteiger partial charge in [-0.3, -0.25) is 0 Å². The lowest BCUT2D eigenvalue weighted by atomic mass is 10.2. The molecule has 102 valence electrons. The zero-order valence-corrected chi connectivity index (χ0v) is 12.4. The molecule has 1 aliphatic heterocycles. The summed E-state index contributed by atoms with van der Waals surface area (Å²) in [7, 11) is 0. The van der Waals surface area contributed by atoms with Crippen LogP contribution < -0.4 is 14.8 Å². The van der Waals surface area contributed by atoms with E-state index in [0.29, 0.717) is 10.8 Å². The van der Waals surface area contributed by atoms with Gasteiger partial charge in [0, 0.05) is 18.0 Å². The Balaban J connectivity index is 0.00000133. The molecular weight excluding hydrogens is 305 g/mol. The third-order valence-electron chi connectivity index (χ3n) is 2.70. The third kappa shape index (κ3) is 3.34. The molecule has 0 aliphatic carbocycles. The average molecular weight is 318 g/mol. The maximum atomic E-state index is 6.12. The Morgan fingerprint density at radius 1 is 1.26 bits per heavy atom. The van der Waals surface area contributed by atoms with E-state index in [9.17, 15) is 0 Å². The minimum absolute atomic E-state index is 0. The molecule has 0 amide bonds. The summed E-state index contributed by atoms with van der Waals surface area (Å²) in [4.78, 5) is 1.32. The summed E-state index contributed by atoms with van der Waals surface area (Å²) in [5.41, 5.74) is 1.10. The number of ether oxygens (including phenoxy) is 2. The first-order valence-electron chi connectivity index (χ1n) is 5.64. The Hall–Kier alpha value is -0.940. The summed E-state index contributed by atoms with van der Waals surface area (Å²) in [5, 5.41) is 6.06. The van der Waals surface area contributed by atoms with Gasteiger partial charge in [0.25, 0.3) is 0 Å². The quantitative estimate of drug-likeness (QED) is 0.929. The Morgan fingerprint density at radius 3 is 2.95 bits per heavy atom. The molecule has 2 aromatic rings. The van der Waals surface area contributed by atoms with E-state index >= 15 is 0 Å². The number of rotatable bonds is 4. The summed E-state index contributed by atoms with van der Waals surface area (Å²) in [6.45, 7) is 1.87. The number of benzene rings is 1. The second-order valence-corrected chi connectivity index (χ2v) is 5.43. The van der Waals surface area contributed by atoms with E-state index in [1.807, 2.05) is 12.1 Å². The first-order valence-corrected chi connectivity index (χ1v) is 6.90. The van der Waals surface area contributed by atoms with Gasteiger partial charge in [-0.1, -0.05) is 17.7 Å². The number of halogens is 2. The molecule has 3 rings (SSSR count). The smallest absolute Gasteiger partial charge is 0.231 e. The molecule has 1 N–H and O–H groups in total. The largest absolute Gasteiger partial charge is 0.454 e. The molecule has 0 radical (unpaired) electrons. The lowest BCUT2D eigenvalue weighted by Gasteiger charge is -2.06. The molecular formula is C13H13Cl2NO2S. The SMILES string of the molecule is Cl.Clc1cc(CNCc2cccs2)cc2c1OCO2. The van der Waals surface area contributed by atoms with Crippen molar-refractivity contribution in [3.05, 3.63) is 45.1 Å². The standard InChI is InChI=1S/C13H12ClNO2S.ClH/c14-11-4-9(5-12-13(11)17-8-16-12)6-15-7-10-2-1-3-18-10;/h1-5,15H,6-8H2;1H. The lowest BCUT2D eigenvalue weighted by Crippen LogP contribution is -2.11. The molecule has 0 atom stereocenters. The fourth-order valence-electron chi connectivity index (χ4n) is 1.87. The minimum Gasteiger partial charge on any atom is -0.454 e. The van der Waals surface area contributed by atoms with Crippen LogP contribution in [-0.4, -0.2) is 6.79 Å². The lowest BCUT2D eigenvalue weighted by molar-refractivity contribution is 0.174. The van der Waals surface area contributed by atoms with Gasteiger partial charge in [0.15, 0.2) is 11.5 Å². The van der Waals surface area contributed by atoms with E-state index < -0.39 is 0 Å². The van der Waals surface area contributed by atoms with Crippen molar-refractivity contribution in [3.63, 3.8) is 0 Å².